The van der Waals surface area contributed by atoms with E-state index in [1.807, 2.05) is 0 Å². The molecule has 0 fully saturated rings. The van der Waals surface area contributed by atoms with Crippen molar-refractivity contribution in [3.63, 3.8) is 0 Å². The molecule has 0 unspecified atom stereocenters. The summed E-state index contributed by atoms with van der Waals surface area (Å²) >= 11 is 1.11. The van der Waals surface area contributed by atoms with E-state index >= 15 is 0 Å². The molecule has 1 heterocycles. The highest BCUT2D eigenvalue weighted by atomic mass is 32.1. The Morgan fingerprint density at radius 3 is 2.67 bits per heavy atom. The minimum absolute atomic E-state index is 0.0923. The molecule has 7 heteroatoms. The van der Waals surface area contributed by atoms with Crippen molar-refractivity contribution in [1.29, 1.82) is 0 Å². The van der Waals surface area contributed by atoms with Gasteiger partial charge in [-0.1, -0.05) is 6.07 Å². The maximum Gasteiger partial charge on any atom is 0.416 e. The van der Waals surface area contributed by atoms with Crippen LogP contribution in [-0.4, -0.2) is 4.37 Å². The van der Waals surface area contributed by atoms with Crippen molar-refractivity contribution < 1.29 is 17.9 Å². The van der Waals surface area contributed by atoms with E-state index < -0.39 is 11.7 Å². The number of alkyl halides is 3. The molecular formula is C11H9F3N2OS. The van der Waals surface area contributed by atoms with Crippen molar-refractivity contribution in [2.75, 3.05) is 5.73 Å². The van der Waals surface area contributed by atoms with E-state index in [9.17, 15) is 13.2 Å². The molecule has 1 aromatic heterocycles. The summed E-state index contributed by atoms with van der Waals surface area (Å²) in [6.45, 7) is 0.0923. The first-order valence-electron chi connectivity index (χ1n) is 4.96. The molecule has 0 aliphatic heterocycles. The zero-order valence-electron chi connectivity index (χ0n) is 9.07. The van der Waals surface area contributed by atoms with Crippen LogP contribution in [0, 0.1) is 0 Å². The lowest BCUT2D eigenvalue weighted by Gasteiger charge is -2.09. The Hall–Kier alpha value is -1.76. The Balaban J connectivity index is 2.06. The number of benzene rings is 1. The molecule has 0 saturated heterocycles. The van der Waals surface area contributed by atoms with E-state index in [2.05, 4.69) is 4.37 Å². The Bertz CT molecular complexity index is 539. The van der Waals surface area contributed by atoms with Crippen molar-refractivity contribution in [2.24, 2.45) is 0 Å². The molecule has 2 aromatic rings. The van der Waals surface area contributed by atoms with Crippen molar-refractivity contribution in [3.05, 3.63) is 41.6 Å². The summed E-state index contributed by atoms with van der Waals surface area (Å²) in [7, 11) is 0. The lowest BCUT2D eigenvalue weighted by atomic mass is 10.2. The van der Waals surface area contributed by atoms with Gasteiger partial charge in [0.1, 0.15) is 17.4 Å². The summed E-state index contributed by atoms with van der Waals surface area (Å²) < 4.78 is 46.6. The molecule has 0 aliphatic rings. The molecule has 0 atom stereocenters. The number of hydrogen-bond acceptors (Lipinski definition) is 4. The van der Waals surface area contributed by atoms with Gasteiger partial charge in [-0.05, 0) is 35.8 Å². The average molecular weight is 274 g/mol. The van der Waals surface area contributed by atoms with Gasteiger partial charge in [0.25, 0.3) is 0 Å². The summed E-state index contributed by atoms with van der Waals surface area (Å²) in [4.78, 5) is 0. The van der Waals surface area contributed by atoms with Crippen molar-refractivity contribution in [3.8, 4) is 5.75 Å². The van der Waals surface area contributed by atoms with Gasteiger partial charge in [-0.15, -0.1) is 0 Å². The lowest BCUT2D eigenvalue weighted by Crippen LogP contribution is -2.05. The average Bonchev–Trinajstić information content (AvgIpc) is 2.72. The summed E-state index contributed by atoms with van der Waals surface area (Å²) in [5, 5.41) is 0.539. The van der Waals surface area contributed by atoms with Gasteiger partial charge in [-0.25, -0.2) is 0 Å². The van der Waals surface area contributed by atoms with Crippen LogP contribution in [0.4, 0.5) is 18.2 Å². The summed E-state index contributed by atoms with van der Waals surface area (Å²) in [5.41, 5.74) is 5.33. The molecule has 0 aliphatic carbocycles. The Labute approximate surface area is 105 Å². The molecular weight excluding hydrogens is 265 g/mol. The van der Waals surface area contributed by atoms with E-state index in [-0.39, 0.29) is 12.4 Å². The highest BCUT2D eigenvalue weighted by Crippen LogP contribution is 2.31. The van der Waals surface area contributed by atoms with Crippen LogP contribution < -0.4 is 10.5 Å². The number of rotatable bonds is 3. The van der Waals surface area contributed by atoms with Crippen LogP contribution in [0.25, 0.3) is 0 Å². The molecule has 18 heavy (non-hydrogen) atoms. The fourth-order valence-corrected chi connectivity index (χ4v) is 1.83. The lowest BCUT2D eigenvalue weighted by molar-refractivity contribution is -0.137. The molecule has 2 N–H and O–H groups in total. The van der Waals surface area contributed by atoms with Crippen LogP contribution >= 0.6 is 11.5 Å². The summed E-state index contributed by atoms with van der Waals surface area (Å²) in [6, 6.07) is 6.33. The van der Waals surface area contributed by atoms with Crippen LogP contribution in [0.5, 0.6) is 5.75 Å². The van der Waals surface area contributed by atoms with Gasteiger partial charge in [0.15, 0.2) is 0 Å². The third-order valence-corrected chi connectivity index (χ3v) is 2.78. The molecule has 2 rings (SSSR count). The minimum atomic E-state index is -4.37. The Kier molecular flexibility index (Phi) is 3.42. The van der Waals surface area contributed by atoms with Crippen LogP contribution in [0.2, 0.25) is 0 Å². The standard InChI is InChI=1S/C11H9F3N2OS/c12-11(13,14)7-2-1-3-9(4-7)17-6-8-5-10(15)18-16-8/h1-5H,6,15H2. The number of halogens is 3. The molecule has 96 valence electrons. The number of nitrogen functional groups attached to an aromatic ring is 1. The van der Waals surface area contributed by atoms with Crippen molar-refractivity contribution in [1.82, 2.24) is 4.37 Å². The monoisotopic (exact) mass is 274 g/mol. The number of ether oxygens (including phenoxy) is 1. The minimum Gasteiger partial charge on any atom is -0.487 e. The first-order valence-corrected chi connectivity index (χ1v) is 5.73. The van der Waals surface area contributed by atoms with E-state index in [1.165, 1.54) is 12.1 Å². The SMILES string of the molecule is Nc1cc(COc2cccc(C(F)(F)F)c2)ns1. The van der Waals surface area contributed by atoms with Gasteiger partial charge in [0.05, 0.1) is 11.3 Å². The van der Waals surface area contributed by atoms with E-state index in [1.54, 1.807) is 6.07 Å². The second-order valence-electron chi connectivity index (χ2n) is 3.53. The number of nitrogens with two attached hydrogens (primary N) is 1. The topological polar surface area (TPSA) is 48.1 Å². The Morgan fingerprint density at radius 1 is 1.28 bits per heavy atom. The number of hydrogen-bond donors (Lipinski definition) is 1. The zero-order chi connectivity index (χ0) is 13.2. The van der Waals surface area contributed by atoms with Gasteiger partial charge in [-0.3, -0.25) is 0 Å². The smallest absolute Gasteiger partial charge is 0.416 e. The van der Waals surface area contributed by atoms with E-state index in [0.29, 0.717) is 10.7 Å². The molecule has 3 nitrogen and oxygen atoms in total. The molecule has 0 saturated carbocycles. The zero-order valence-corrected chi connectivity index (χ0v) is 9.89. The van der Waals surface area contributed by atoms with Crippen LogP contribution in [0.3, 0.4) is 0 Å². The molecule has 1 aromatic carbocycles. The number of aromatic nitrogens is 1. The maximum atomic E-state index is 12.5. The Morgan fingerprint density at radius 2 is 2.06 bits per heavy atom. The van der Waals surface area contributed by atoms with Crippen molar-refractivity contribution >= 4 is 16.5 Å². The van der Waals surface area contributed by atoms with Crippen LogP contribution in [0.15, 0.2) is 30.3 Å². The normalized spacial score (nSPS) is 11.5. The fraction of sp³-hybridized carbons (Fsp3) is 0.182. The molecule has 0 amide bonds. The van der Waals surface area contributed by atoms with Gasteiger partial charge in [0, 0.05) is 0 Å². The third kappa shape index (κ3) is 3.13. The summed E-state index contributed by atoms with van der Waals surface area (Å²) in [6.07, 6.45) is -4.37. The molecule has 0 bridgehead atoms. The predicted molar refractivity (Wildman–Crippen MR) is 62.3 cm³/mol. The maximum absolute atomic E-state index is 12.5. The predicted octanol–water partition coefficient (Wildman–Crippen LogP) is 3.32. The fourth-order valence-electron chi connectivity index (χ4n) is 1.32. The number of anilines is 1. The van der Waals surface area contributed by atoms with Crippen molar-refractivity contribution in [2.45, 2.75) is 12.8 Å². The second-order valence-corrected chi connectivity index (χ2v) is 4.37. The van der Waals surface area contributed by atoms with Crippen LogP contribution in [0.1, 0.15) is 11.3 Å². The van der Waals surface area contributed by atoms with Gasteiger partial charge < -0.3 is 10.5 Å². The first kappa shape index (κ1) is 12.7. The second kappa shape index (κ2) is 4.85. The van der Waals surface area contributed by atoms with Crippen LogP contribution in [-0.2, 0) is 12.8 Å². The summed E-state index contributed by atoms with van der Waals surface area (Å²) in [5.74, 6) is 0.149. The van der Waals surface area contributed by atoms with E-state index in [0.717, 1.165) is 23.7 Å². The first-order chi connectivity index (χ1) is 8.45. The number of nitrogens with zero attached hydrogens (tertiary/aromatic N) is 1. The van der Waals surface area contributed by atoms with Gasteiger partial charge in [0.2, 0.25) is 0 Å². The highest BCUT2D eigenvalue weighted by molar-refractivity contribution is 7.10. The third-order valence-electron chi connectivity index (χ3n) is 2.13. The van der Waals surface area contributed by atoms with Gasteiger partial charge >= 0.3 is 6.18 Å². The van der Waals surface area contributed by atoms with E-state index in [4.69, 9.17) is 10.5 Å². The molecule has 0 spiro atoms. The van der Waals surface area contributed by atoms with Gasteiger partial charge in [-0.2, -0.15) is 17.5 Å². The highest BCUT2D eigenvalue weighted by Gasteiger charge is 2.30. The largest absolute Gasteiger partial charge is 0.487 e. The molecule has 0 radical (unpaired) electrons. The quantitative estimate of drug-likeness (QED) is 0.934.